The van der Waals surface area contributed by atoms with E-state index in [4.69, 9.17) is 9.47 Å². The van der Waals surface area contributed by atoms with Gasteiger partial charge in [-0.05, 0) is 73.2 Å². The first-order chi connectivity index (χ1) is 18.7. The molecule has 3 aromatic carbocycles. The Hall–Kier alpha value is -2.97. The van der Waals surface area contributed by atoms with Gasteiger partial charge >= 0.3 is 6.18 Å². The van der Waals surface area contributed by atoms with E-state index in [0.29, 0.717) is 48.5 Å². The van der Waals surface area contributed by atoms with E-state index in [1.54, 1.807) is 12.1 Å². The monoisotopic (exact) mass is 548 g/mol. The second kappa shape index (κ2) is 13.4. The molecule has 3 nitrogen and oxygen atoms in total. The highest BCUT2D eigenvalue weighted by molar-refractivity contribution is 5.84. The van der Waals surface area contributed by atoms with Crippen molar-refractivity contribution >= 4 is 10.8 Å². The van der Waals surface area contributed by atoms with Gasteiger partial charge in [0, 0.05) is 17.7 Å². The Labute approximate surface area is 225 Å². The summed E-state index contributed by atoms with van der Waals surface area (Å²) in [7, 11) is 0. The minimum Gasteiger partial charge on any atom is -0.481 e. The van der Waals surface area contributed by atoms with Gasteiger partial charge in [-0.2, -0.15) is 13.2 Å². The highest BCUT2D eigenvalue weighted by Crippen LogP contribution is 2.27. The molecular weight excluding hydrogens is 515 g/mol. The van der Waals surface area contributed by atoms with Crippen molar-refractivity contribution in [1.82, 2.24) is 0 Å². The molecule has 8 heteroatoms. The van der Waals surface area contributed by atoms with Crippen LogP contribution in [0.1, 0.15) is 42.9 Å². The van der Waals surface area contributed by atoms with Gasteiger partial charge in [0.2, 0.25) is 0 Å². The predicted molar refractivity (Wildman–Crippen MR) is 141 cm³/mol. The van der Waals surface area contributed by atoms with Crippen molar-refractivity contribution in [2.45, 2.75) is 57.9 Å². The number of alkyl halides is 3. The smallest absolute Gasteiger partial charge is 0.422 e. The van der Waals surface area contributed by atoms with Gasteiger partial charge in [0.15, 0.2) is 24.5 Å². The average molecular weight is 549 g/mol. The van der Waals surface area contributed by atoms with Gasteiger partial charge in [-0.1, -0.05) is 48.6 Å². The van der Waals surface area contributed by atoms with Gasteiger partial charge in [0.25, 0.3) is 0 Å². The summed E-state index contributed by atoms with van der Waals surface area (Å²) in [4.78, 5) is 0. The highest BCUT2D eigenvalue weighted by Gasteiger charge is 2.29. The molecule has 1 aliphatic heterocycles. The maximum absolute atomic E-state index is 15.2. The Bertz CT molecular complexity index is 1260. The normalized spacial score (nSPS) is 18.2. The Kier molecular flexibility index (Phi) is 9.97. The zero-order valence-electron chi connectivity index (χ0n) is 21.9. The molecule has 1 heterocycles. The van der Waals surface area contributed by atoms with Crippen molar-refractivity contribution in [1.29, 1.82) is 0 Å². The molecule has 1 aliphatic rings. The minimum atomic E-state index is -4.55. The van der Waals surface area contributed by atoms with Crippen molar-refractivity contribution in [2.24, 2.45) is 5.92 Å². The second-order valence-corrected chi connectivity index (χ2v) is 9.91. The van der Waals surface area contributed by atoms with Crippen molar-refractivity contribution in [2.75, 3.05) is 19.8 Å². The van der Waals surface area contributed by atoms with E-state index >= 15 is 4.39 Å². The fourth-order valence-corrected chi connectivity index (χ4v) is 4.69. The van der Waals surface area contributed by atoms with E-state index in [2.05, 4.69) is 16.9 Å². The number of hydrogen-bond acceptors (Lipinski definition) is 3. The lowest BCUT2D eigenvalue weighted by molar-refractivity contribution is -0.203. The van der Waals surface area contributed by atoms with Crippen LogP contribution in [0.15, 0.2) is 60.7 Å². The van der Waals surface area contributed by atoms with E-state index < -0.39 is 24.3 Å². The van der Waals surface area contributed by atoms with Crippen molar-refractivity contribution in [3.05, 3.63) is 89.0 Å². The van der Waals surface area contributed by atoms with E-state index in [-0.39, 0.29) is 12.1 Å². The fraction of sp³-hybridized carbons (Fsp3) is 0.419. The number of hydrogen-bond donors (Lipinski definition) is 0. The molecule has 3 aromatic rings. The summed E-state index contributed by atoms with van der Waals surface area (Å²) in [5, 5.41) is 1.30. The van der Waals surface area contributed by atoms with E-state index in [1.165, 1.54) is 12.1 Å². The van der Waals surface area contributed by atoms with Crippen LogP contribution in [0.5, 0.6) is 5.75 Å². The molecule has 0 bridgehead atoms. The summed E-state index contributed by atoms with van der Waals surface area (Å²) in [6.45, 7) is 1.86. The fourth-order valence-electron chi connectivity index (χ4n) is 4.69. The Balaban J connectivity index is 1.30. The van der Waals surface area contributed by atoms with Gasteiger partial charge in [0.1, 0.15) is 5.82 Å². The molecule has 0 radical (unpaired) electrons. The largest absolute Gasteiger partial charge is 0.481 e. The molecular formula is C31H33F5O3. The predicted octanol–water partition coefficient (Wildman–Crippen LogP) is 8.12. The van der Waals surface area contributed by atoms with Crippen LogP contribution in [0.25, 0.3) is 10.8 Å². The highest BCUT2D eigenvalue weighted by atomic mass is 19.4. The first-order valence-electron chi connectivity index (χ1n) is 13.2. The summed E-state index contributed by atoms with van der Waals surface area (Å²) in [5.41, 5.74) is 2.10. The Morgan fingerprint density at radius 1 is 0.897 bits per heavy atom. The van der Waals surface area contributed by atoms with Gasteiger partial charge in [-0.3, -0.25) is 0 Å². The van der Waals surface area contributed by atoms with Gasteiger partial charge in [-0.25, -0.2) is 8.78 Å². The number of fused-ring (bicyclic) bond motifs is 1. The lowest BCUT2D eigenvalue weighted by Crippen LogP contribution is -2.32. The maximum atomic E-state index is 15.2. The SMILES string of the molecule is C/C=C/CCC1COC(CCc2ccc3c(F)c(CCc4ccc(OCC(F)(F)F)c(F)c4)ccc3c2)OC1. The summed E-state index contributed by atoms with van der Waals surface area (Å²) < 4.78 is 82.6. The maximum Gasteiger partial charge on any atom is 0.422 e. The molecule has 4 rings (SSSR count). The molecule has 0 atom stereocenters. The van der Waals surface area contributed by atoms with Crippen LogP contribution in [-0.2, 0) is 28.7 Å². The Morgan fingerprint density at radius 2 is 1.64 bits per heavy atom. The summed E-state index contributed by atoms with van der Waals surface area (Å²) >= 11 is 0. The number of allylic oxidation sites excluding steroid dienone is 2. The lowest BCUT2D eigenvalue weighted by Gasteiger charge is -2.29. The number of rotatable bonds is 11. The zero-order chi connectivity index (χ0) is 27.8. The van der Waals surface area contributed by atoms with Crippen LogP contribution < -0.4 is 4.74 Å². The molecule has 0 N–H and O–H groups in total. The van der Waals surface area contributed by atoms with Crippen LogP contribution in [-0.4, -0.2) is 32.3 Å². The summed E-state index contributed by atoms with van der Waals surface area (Å²) in [6, 6.07) is 13.0. The second-order valence-electron chi connectivity index (χ2n) is 9.91. The molecule has 0 aliphatic carbocycles. The molecule has 0 spiro atoms. The standard InChI is InChI=1S/C31H33F5O3/c1-2-3-4-5-23-18-37-29(38-19-23)15-9-21-7-13-26-25(16-21)12-11-24(30(26)33)10-6-22-8-14-28(27(32)17-22)39-20-31(34,35)36/h2-3,7-8,11-14,16-17,23,29H,4-6,9-10,15,18-20H2,1H3/b3-2+. The van der Waals surface area contributed by atoms with E-state index in [0.717, 1.165) is 42.7 Å². The van der Waals surface area contributed by atoms with Crippen LogP contribution in [0, 0.1) is 17.6 Å². The number of ether oxygens (including phenoxy) is 3. The third-order valence-electron chi connectivity index (χ3n) is 6.85. The third kappa shape index (κ3) is 8.51. The first kappa shape index (κ1) is 29.0. The van der Waals surface area contributed by atoms with Gasteiger partial charge in [0.05, 0.1) is 13.2 Å². The van der Waals surface area contributed by atoms with Crippen molar-refractivity contribution < 1.29 is 36.2 Å². The van der Waals surface area contributed by atoms with Crippen LogP contribution in [0.3, 0.4) is 0 Å². The topological polar surface area (TPSA) is 27.7 Å². The first-order valence-corrected chi connectivity index (χ1v) is 13.2. The molecule has 1 fully saturated rings. The molecule has 210 valence electrons. The molecule has 0 aromatic heterocycles. The van der Waals surface area contributed by atoms with Crippen LogP contribution >= 0.6 is 0 Å². The molecule has 0 amide bonds. The molecule has 1 saturated heterocycles. The van der Waals surface area contributed by atoms with Crippen molar-refractivity contribution in [3.63, 3.8) is 0 Å². The van der Waals surface area contributed by atoms with Gasteiger partial charge in [-0.15, -0.1) is 0 Å². The molecule has 0 saturated carbocycles. The quantitative estimate of drug-likeness (QED) is 0.179. The minimum absolute atomic E-state index is 0.229. The van der Waals surface area contributed by atoms with Crippen molar-refractivity contribution in [3.8, 4) is 5.75 Å². The zero-order valence-corrected chi connectivity index (χ0v) is 21.9. The Morgan fingerprint density at radius 3 is 2.36 bits per heavy atom. The van der Waals surface area contributed by atoms with Crippen LogP contribution in [0.4, 0.5) is 22.0 Å². The molecule has 39 heavy (non-hydrogen) atoms. The number of halogens is 5. The van der Waals surface area contributed by atoms with E-state index in [9.17, 15) is 17.6 Å². The summed E-state index contributed by atoms with van der Waals surface area (Å²) in [5.74, 6) is -1.25. The third-order valence-corrected chi connectivity index (χ3v) is 6.85. The summed E-state index contributed by atoms with van der Waals surface area (Å²) in [6.07, 6.45) is 3.64. The number of aryl methyl sites for hydroxylation is 3. The molecule has 0 unspecified atom stereocenters. The van der Waals surface area contributed by atoms with Crippen LogP contribution in [0.2, 0.25) is 0 Å². The lowest BCUT2D eigenvalue weighted by atomic mass is 9.98. The average Bonchev–Trinajstić information content (AvgIpc) is 2.91. The van der Waals surface area contributed by atoms with Gasteiger partial charge < -0.3 is 14.2 Å². The number of benzene rings is 3. The van der Waals surface area contributed by atoms with E-state index in [1.807, 2.05) is 25.1 Å².